The Morgan fingerprint density at radius 1 is 1.25 bits per heavy atom. The van der Waals surface area contributed by atoms with E-state index in [9.17, 15) is 31.1 Å². The number of halogens is 6. The number of hydrogen-bond acceptors (Lipinski definition) is 5. The highest BCUT2D eigenvalue weighted by Gasteiger charge is 2.66. The molecular weight excluding hydrogens is 396 g/mol. The average Bonchev–Trinajstić information content (AvgIpc) is 2.86. The van der Waals surface area contributed by atoms with E-state index in [4.69, 9.17) is 14.2 Å². The number of rotatable bonds is 4. The summed E-state index contributed by atoms with van der Waals surface area (Å²) in [4.78, 5) is 15.6. The number of aromatic nitrogens is 1. The Balaban J connectivity index is 2.60. The molecule has 4 atom stereocenters. The maximum atomic E-state index is 13.6. The van der Waals surface area contributed by atoms with E-state index in [1.165, 1.54) is 13.8 Å². The fourth-order valence-corrected chi connectivity index (χ4v) is 3.25. The first-order chi connectivity index (χ1) is 12.8. The SMILES string of the molecule is CCOC(=O)[C@H]1O[C@@](C)(C(F)(F)F)[C@@H](C)[C@H]1c1ccc(C(F)(F)F)nc1OC. The summed E-state index contributed by atoms with van der Waals surface area (Å²) in [6.07, 6.45) is -11.3. The molecule has 0 N–H and O–H groups in total. The van der Waals surface area contributed by atoms with Crippen LogP contribution in [0.25, 0.3) is 0 Å². The molecule has 0 aliphatic carbocycles. The van der Waals surface area contributed by atoms with Crippen molar-refractivity contribution in [1.29, 1.82) is 0 Å². The van der Waals surface area contributed by atoms with Gasteiger partial charge >= 0.3 is 18.3 Å². The number of ether oxygens (including phenoxy) is 3. The molecule has 1 aliphatic heterocycles. The Hall–Kier alpha value is -2.04. The van der Waals surface area contributed by atoms with Gasteiger partial charge in [-0.15, -0.1) is 0 Å². The molecule has 1 aromatic rings. The minimum Gasteiger partial charge on any atom is -0.481 e. The molecule has 0 radical (unpaired) electrons. The second-order valence-corrected chi connectivity index (χ2v) is 6.50. The standard InChI is InChI=1S/C17H19F6NO4/c1-5-27-14(25)12-11(8(2)15(3,28-12)17(21,22)23)9-6-7-10(16(18,19)20)24-13(9)26-4/h6-8,11-12H,5H2,1-4H3/t8-,11-,12-,15+/m0/s1. The van der Waals surface area contributed by atoms with Gasteiger partial charge in [0.05, 0.1) is 13.7 Å². The van der Waals surface area contributed by atoms with Gasteiger partial charge in [-0.2, -0.15) is 26.3 Å². The largest absolute Gasteiger partial charge is 0.481 e. The normalized spacial score (nSPS) is 28.3. The number of methoxy groups -OCH3 is 1. The zero-order chi connectivity index (χ0) is 21.5. The first-order valence-corrected chi connectivity index (χ1v) is 8.31. The molecule has 0 spiro atoms. The Morgan fingerprint density at radius 3 is 2.32 bits per heavy atom. The molecule has 2 rings (SSSR count). The lowest BCUT2D eigenvalue weighted by molar-refractivity contribution is -0.274. The van der Waals surface area contributed by atoms with E-state index in [-0.39, 0.29) is 12.2 Å². The topological polar surface area (TPSA) is 57.7 Å². The number of alkyl halides is 6. The van der Waals surface area contributed by atoms with Crippen molar-refractivity contribution in [3.63, 3.8) is 0 Å². The first kappa shape index (κ1) is 22.3. The Kier molecular flexibility index (Phi) is 5.89. The van der Waals surface area contributed by atoms with Gasteiger partial charge < -0.3 is 14.2 Å². The molecule has 1 aromatic heterocycles. The van der Waals surface area contributed by atoms with Crippen LogP contribution in [0.3, 0.4) is 0 Å². The lowest BCUT2D eigenvalue weighted by atomic mass is 9.77. The number of pyridine rings is 1. The maximum absolute atomic E-state index is 13.6. The van der Waals surface area contributed by atoms with Crippen molar-refractivity contribution in [1.82, 2.24) is 4.98 Å². The summed E-state index contributed by atoms with van der Waals surface area (Å²) in [5.74, 6) is -4.20. The van der Waals surface area contributed by atoms with Gasteiger partial charge in [0.1, 0.15) is 5.69 Å². The van der Waals surface area contributed by atoms with Crippen LogP contribution in [0, 0.1) is 5.92 Å². The summed E-state index contributed by atoms with van der Waals surface area (Å²) in [7, 11) is 1.04. The molecule has 5 nitrogen and oxygen atoms in total. The second-order valence-electron chi connectivity index (χ2n) is 6.50. The molecule has 0 bridgehead atoms. The minimum atomic E-state index is -4.83. The van der Waals surface area contributed by atoms with E-state index in [1.54, 1.807) is 0 Å². The summed E-state index contributed by atoms with van der Waals surface area (Å²) < 4.78 is 94.4. The van der Waals surface area contributed by atoms with E-state index in [1.807, 2.05) is 0 Å². The van der Waals surface area contributed by atoms with Crippen molar-refractivity contribution in [2.45, 2.75) is 50.7 Å². The Bertz CT molecular complexity index is 735. The fourth-order valence-electron chi connectivity index (χ4n) is 3.25. The van der Waals surface area contributed by atoms with Crippen LogP contribution in [0.5, 0.6) is 5.88 Å². The van der Waals surface area contributed by atoms with E-state index in [0.717, 1.165) is 20.1 Å². The summed E-state index contributed by atoms with van der Waals surface area (Å²) in [6, 6.07) is 1.57. The number of carbonyl (C=O) groups excluding carboxylic acids is 1. The van der Waals surface area contributed by atoms with Crippen molar-refractivity contribution in [2.24, 2.45) is 5.92 Å². The van der Waals surface area contributed by atoms with Crippen molar-refractivity contribution < 1.29 is 45.3 Å². The van der Waals surface area contributed by atoms with Gasteiger partial charge in [0.25, 0.3) is 0 Å². The second kappa shape index (κ2) is 7.41. The highest BCUT2D eigenvalue weighted by Crippen LogP contribution is 2.54. The third-order valence-electron chi connectivity index (χ3n) is 4.92. The third kappa shape index (κ3) is 3.76. The van der Waals surface area contributed by atoms with Crippen molar-refractivity contribution >= 4 is 5.97 Å². The monoisotopic (exact) mass is 415 g/mol. The van der Waals surface area contributed by atoms with Crippen LogP contribution < -0.4 is 4.74 Å². The summed E-state index contributed by atoms with van der Waals surface area (Å²) in [5, 5.41) is 0. The number of carbonyl (C=O) groups is 1. The average molecular weight is 415 g/mol. The van der Waals surface area contributed by atoms with Crippen molar-refractivity contribution in [3.05, 3.63) is 23.4 Å². The molecule has 0 unspecified atom stereocenters. The van der Waals surface area contributed by atoms with E-state index in [0.29, 0.717) is 6.07 Å². The maximum Gasteiger partial charge on any atom is 0.433 e. The zero-order valence-electron chi connectivity index (χ0n) is 15.4. The van der Waals surface area contributed by atoms with Gasteiger partial charge in [-0.25, -0.2) is 9.78 Å². The van der Waals surface area contributed by atoms with Gasteiger partial charge in [0.2, 0.25) is 5.88 Å². The molecule has 2 heterocycles. The lowest BCUT2D eigenvalue weighted by Gasteiger charge is -2.31. The molecule has 28 heavy (non-hydrogen) atoms. The predicted octanol–water partition coefficient (Wildman–Crippen LogP) is 4.11. The molecule has 1 aliphatic rings. The van der Waals surface area contributed by atoms with E-state index >= 15 is 0 Å². The lowest BCUT2D eigenvalue weighted by Crippen LogP contribution is -2.47. The van der Waals surface area contributed by atoms with Crippen LogP contribution in [-0.2, 0) is 20.4 Å². The van der Waals surface area contributed by atoms with Gasteiger partial charge in [-0.1, -0.05) is 13.0 Å². The van der Waals surface area contributed by atoms with Gasteiger partial charge in [0.15, 0.2) is 11.7 Å². The molecule has 0 amide bonds. The highest BCUT2D eigenvalue weighted by atomic mass is 19.4. The molecule has 158 valence electrons. The quantitative estimate of drug-likeness (QED) is 0.547. The van der Waals surface area contributed by atoms with E-state index < -0.39 is 53.4 Å². The van der Waals surface area contributed by atoms with Gasteiger partial charge in [0, 0.05) is 17.4 Å². The fraction of sp³-hybridized carbons (Fsp3) is 0.647. The number of esters is 1. The third-order valence-corrected chi connectivity index (χ3v) is 4.92. The number of nitrogens with zero attached hydrogens (tertiary/aromatic N) is 1. The van der Waals surface area contributed by atoms with Crippen molar-refractivity contribution in [3.8, 4) is 5.88 Å². The Labute approximate surface area is 157 Å². The summed E-state index contributed by atoms with van der Waals surface area (Å²) in [6.45, 7) is 3.35. The zero-order valence-corrected chi connectivity index (χ0v) is 15.4. The smallest absolute Gasteiger partial charge is 0.433 e. The molecule has 0 aromatic carbocycles. The molecule has 1 saturated heterocycles. The Morgan fingerprint density at radius 2 is 1.86 bits per heavy atom. The molecular formula is C17H19F6NO4. The minimum absolute atomic E-state index is 0.103. The van der Waals surface area contributed by atoms with Crippen LogP contribution in [-0.4, -0.2) is 42.6 Å². The molecule has 1 fully saturated rings. The number of hydrogen-bond donors (Lipinski definition) is 0. The summed E-state index contributed by atoms with van der Waals surface area (Å²) in [5.41, 5.74) is -4.09. The molecule has 0 saturated carbocycles. The van der Waals surface area contributed by atoms with Crippen LogP contribution in [0.2, 0.25) is 0 Å². The predicted molar refractivity (Wildman–Crippen MR) is 83.7 cm³/mol. The molecule has 11 heteroatoms. The van der Waals surface area contributed by atoms with E-state index in [2.05, 4.69) is 4.98 Å². The van der Waals surface area contributed by atoms with Crippen LogP contribution >= 0.6 is 0 Å². The van der Waals surface area contributed by atoms with Crippen LogP contribution in [0.15, 0.2) is 12.1 Å². The van der Waals surface area contributed by atoms with Gasteiger partial charge in [-0.05, 0) is 19.9 Å². The van der Waals surface area contributed by atoms with Crippen molar-refractivity contribution in [2.75, 3.05) is 13.7 Å². The highest BCUT2D eigenvalue weighted by molar-refractivity contribution is 5.77. The van der Waals surface area contributed by atoms with Crippen LogP contribution in [0.4, 0.5) is 26.3 Å². The van der Waals surface area contributed by atoms with Gasteiger partial charge in [-0.3, -0.25) is 0 Å². The van der Waals surface area contributed by atoms with Crippen LogP contribution in [0.1, 0.15) is 37.9 Å². The first-order valence-electron chi connectivity index (χ1n) is 8.31. The summed E-state index contributed by atoms with van der Waals surface area (Å²) >= 11 is 0.